The van der Waals surface area contributed by atoms with E-state index in [2.05, 4.69) is 60.2 Å². The highest BCUT2D eigenvalue weighted by Gasteiger charge is 2.11. The third-order valence-electron chi connectivity index (χ3n) is 2.86. The summed E-state index contributed by atoms with van der Waals surface area (Å²) in [6.45, 7) is 9.05. The maximum atomic E-state index is 5.69. The van der Waals surface area contributed by atoms with Gasteiger partial charge in [0.05, 0.1) is 12.6 Å². The molecule has 1 aromatic carbocycles. The minimum absolute atomic E-state index is 0.295. The van der Waals surface area contributed by atoms with E-state index in [1.807, 2.05) is 0 Å². The molecule has 0 spiro atoms. The van der Waals surface area contributed by atoms with E-state index in [1.54, 1.807) is 0 Å². The number of benzene rings is 1. The van der Waals surface area contributed by atoms with Crippen LogP contribution in [0.1, 0.15) is 43.9 Å². The summed E-state index contributed by atoms with van der Waals surface area (Å²) in [6.07, 6.45) is 2.21. The van der Waals surface area contributed by atoms with Crippen LogP contribution in [0.25, 0.3) is 0 Å². The molecule has 1 rings (SSSR count). The third kappa shape index (κ3) is 5.09. The first-order valence-electron chi connectivity index (χ1n) is 6.76. The van der Waals surface area contributed by atoms with Gasteiger partial charge in [0.2, 0.25) is 0 Å². The Labute approximate surface area is 119 Å². The van der Waals surface area contributed by atoms with Gasteiger partial charge in [-0.3, -0.25) is 0 Å². The van der Waals surface area contributed by atoms with E-state index in [4.69, 9.17) is 4.74 Å². The number of nitrogens with one attached hydrogen (secondary N) is 1. The zero-order valence-corrected chi connectivity index (χ0v) is 13.2. The summed E-state index contributed by atoms with van der Waals surface area (Å²) < 4.78 is 6.85. The summed E-state index contributed by atoms with van der Waals surface area (Å²) in [7, 11) is 0. The molecule has 0 bridgehead atoms. The predicted octanol–water partition coefficient (Wildman–Crippen LogP) is 4.22. The molecule has 0 saturated carbocycles. The quantitative estimate of drug-likeness (QED) is 0.725. The second kappa shape index (κ2) is 8.68. The fraction of sp³-hybridized carbons (Fsp3) is 0.600. The number of aryl methyl sites for hydroxylation is 1. The van der Waals surface area contributed by atoms with Crippen LogP contribution in [0.15, 0.2) is 22.7 Å². The number of halogens is 1. The molecule has 1 aromatic rings. The van der Waals surface area contributed by atoms with Crippen molar-refractivity contribution in [2.45, 2.75) is 39.7 Å². The lowest BCUT2D eigenvalue weighted by Gasteiger charge is -2.20. The summed E-state index contributed by atoms with van der Waals surface area (Å²) in [5, 5.41) is 3.55. The third-order valence-corrected chi connectivity index (χ3v) is 3.75. The highest BCUT2D eigenvalue weighted by Crippen LogP contribution is 2.21. The van der Waals surface area contributed by atoms with Crippen molar-refractivity contribution < 1.29 is 4.74 Å². The monoisotopic (exact) mass is 313 g/mol. The maximum absolute atomic E-state index is 5.69. The van der Waals surface area contributed by atoms with Crippen molar-refractivity contribution in [3.05, 3.63) is 33.8 Å². The van der Waals surface area contributed by atoms with Gasteiger partial charge >= 0.3 is 0 Å². The van der Waals surface area contributed by atoms with Crippen molar-refractivity contribution in [3.8, 4) is 0 Å². The van der Waals surface area contributed by atoms with E-state index >= 15 is 0 Å². The first kappa shape index (κ1) is 15.7. The molecule has 0 radical (unpaired) electrons. The molecule has 18 heavy (non-hydrogen) atoms. The molecule has 0 aliphatic carbocycles. The van der Waals surface area contributed by atoms with Crippen molar-refractivity contribution in [1.82, 2.24) is 5.32 Å². The van der Waals surface area contributed by atoms with Crippen LogP contribution in [-0.4, -0.2) is 19.8 Å². The molecule has 0 amide bonds. The van der Waals surface area contributed by atoms with E-state index in [0.29, 0.717) is 6.04 Å². The highest BCUT2D eigenvalue weighted by molar-refractivity contribution is 9.10. The van der Waals surface area contributed by atoms with Gasteiger partial charge in [-0.1, -0.05) is 41.9 Å². The zero-order valence-electron chi connectivity index (χ0n) is 11.6. The topological polar surface area (TPSA) is 21.3 Å². The van der Waals surface area contributed by atoms with Gasteiger partial charge in [0, 0.05) is 11.1 Å². The number of ether oxygens (including phenoxy) is 1. The van der Waals surface area contributed by atoms with Gasteiger partial charge in [-0.25, -0.2) is 0 Å². The lowest BCUT2D eigenvalue weighted by Crippen LogP contribution is -2.26. The Bertz CT molecular complexity index is 354. The molecule has 0 heterocycles. The number of hydrogen-bond donors (Lipinski definition) is 1. The fourth-order valence-electron chi connectivity index (χ4n) is 1.82. The molecule has 1 unspecified atom stereocenters. The molecule has 1 atom stereocenters. The second-order valence-corrected chi connectivity index (χ2v) is 5.44. The molecule has 3 heteroatoms. The molecule has 0 fully saturated rings. The Kier molecular flexibility index (Phi) is 7.56. The van der Waals surface area contributed by atoms with E-state index in [0.717, 1.165) is 37.1 Å². The molecule has 0 aliphatic rings. The SMILES string of the molecule is CCCNC(COCCC)c1ccc(Br)c(C)c1. The minimum atomic E-state index is 0.295. The van der Waals surface area contributed by atoms with Gasteiger partial charge in [-0.05, 0) is 43.5 Å². The first-order valence-corrected chi connectivity index (χ1v) is 7.55. The molecule has 102 valence electrons. The molecule has 0 aliphatic heterocycles. The van der Waals surface area contributed by atoms with Crippen LogP contribution < -0.4 is 5.32 Å². The first-order chi connectivity index (χ1) is 8.69. The number of hydrogen-bond acceptors (Lipinski definition) is 2. The average molecular weight is 314 g/mol. The van der Waals surface area contributed by atoms with Crippen molar-refractivity contribution in [2.75, 3.05) is 19.8 Å². The van der Waals surface area contributed by atoms with Gasteiger partial charge in [0.1, 0.15) is 0 Å². The van der Waals surface area contributed by atoms with E-state index in [1.165, 1.54) is 11.1 Å². The summed E-state index contributed by atoms with van der Waals surface area (Å²) in [5.74, 6) is 0. The van der Waals surface area contributed by atoms with Crippen molar-refractivity contribution in [3.63, 3.8) is 0 Å². The van der Waals surface area contributed by atoms with Crippen LogP contribution in [0.3, 0.4) is 0 Å². The minimum Gasteiger partial charge on any atom is -0.379 e. The van der Waals surface area contributed by atoms with Crippen LogP contribution in [0.5, 0.6) is 0 Å². The van der Waals surface area contributed by atoms with Gasteiger partial charge in [0.15, 0.2) is 0 Å². The molecule has 0 saturated heterocycles. The molecule has 0 aromatic heterocycles. The summed E-state index contributed by atoms with van der Waals surface area (Å²) in [6, 6.07) is 6.81. The van der Waals surface area contributed by atoms with Crippen LogP contribution in [0.4, 0.5) is 0 Å². The zero-order chi connectivity index (χ0) is 13.4. The molecule has 1 N–H and O–H groups in total. The lowest BCUT2D eigenvalue weighted by atomic mass is 10.0. The predicted molar refractivity (Wildman–Crippen MR) is 81.0 cm³/mol. The molecular weight excluding hydrogens is 290 g/mol. The lowest BCUT2D eigenvalue weighted by molar-refractivity contribution is 0.112. The van der Waals surface area contributed by atoms with Crippen LogP contribution in [0.2, 0.25) is 0 Å². The van der Waals surface area contributed by atoms with Crippen LogP contribution >= 0.6 is 15.9 Å². The Morgan fingerprint density at radius 1 is 1.28 bits per heavy atom. The average Bonchev–Trinajstić information content (AvgIpc) is 2.37. The van der Waals surface area contributed by atoms with Gasteiger partial charge in [-0.15, -0.1) is 0 Å². The fourth-order valence-corrected chi connectivity index (χ4v) is 2.07. The van der Waals surface area contributed by atoms with E-state index in [9.17, 15) is 0 Å². The Balaban J connectivity index is 2.70. The largest absolute Gasteiger partial charge is 0.379 e. The van der Waals surface area contributed by atoms with Gasteiger partial charge in [0.25, 0.3) is 0 Å². The van der Waals surface area contributed by atoms with E-state index < -0.39 is 0 Å². The Hall–Kier alpha value is -0.380. The van der Waals surface area contributed by atoms with Gasteiger partial charge < -0.3 is 10.1 Å². The second-order valence-electron chi connectivity index (χ2n) is 4.59. The summed E-state index contributed by atoms with van der Waals surface area (Å²) in [5.41, 5.74) is 2.58. The van der Waals surface area contributed by atoms with Crippen molar-refractivity contribution in [1.29, 1.82) is 0 Å². The van der Waals surface area contributed by atoms with Crippen LogP contribution in [-0.2, 0) is 4.74 Å². The Morgan fingerprint density at radius 2 is 2.06 bits per heavy atom. The van der Waals surface area contributed by atoms with Crippen molar-refractivity contribution in [2.24, 2.45) is 0 Å². The number of rotatable bonds is 8. The summed E-state index contributed by atoms with van der Waals surface area (Å²) >= 11 is 3.54. The standard InChI is InChI=1S/C15H24BrNO/c1-4-8-17-15(11-18-9-5-2)13-6-7-14(16)12(3)10-13/h6-7,10,15,17H,4-5,8-9,11H2,1-3H3. The van der Waals surface area contributed by atoms with Crippen molar-refractivity contribution >= 4 is 15.9 Å². The molecule has 2 nitrogen and oxygen atoms in total. The highest BCUT2D eigenvalue weighted by atomic mass is 79.9. The van der Waals surface area contributed by atoms with E-state index in [-0.39, 0.29) is 0 Å². The molecular formula is C15H24BrNO. The maximum Gasteiger partial charge on any atom is 0.0661 e. The smallest absolute Gasteiger partial charge is 0.0661 e. The van der Waals surface area contributed by atoms with Gasteiger partial charge in [-0.2, -0.15) is 0 Å². The summed E-state index contributed by atoms with van der Waals surface area (Å²) in [4.78, 5) is 0. The Morgan fingerprint density at radius 3 is 2.67 bits per heavy atom. The normalized spacial score (nSPS) is 12.7. The van der Waals surface area contributed by atoms with Crippen LogP contribution in [0, 0.1) is 6.92 Å².